The Morgan fingerprint density at radius 2 is 2.06 bits per heavy atom. The van der Waals surface area contributed by atoms with E-state index in [-0.39, 0.29) is 16.9 Å². The molecule has 96 valence electrons. The Bertz CT molecular complexity index is 333. The molecule has 0 aliphatic carbocycles. The van der Waals surface area contributed by atoms with Gasteiger partial charge >= 0.3 is 0 Å². The van der Waals surface area contributed by atoms with E-state index in [2.05, 4.69) is 19.2 Å². The molecule has 0 bridgehead atoms. The maximum absolute atomic E-state index is 13.1. The molecular formula is C14H21ClFN. The average molecular weight is 258 g/mol. The van der Waals surface area contributed by atoms with Crippen molar-refractivity contribution in [1.82, 2.24) is 5.32 Å². The molecule has 1 aromatic carbocycles. The molecule has 0 amide bonds. The van der Waals surface area contributed by atoms with E-state index in [4.69, 9.17) is 11.6 Å². The first-order valence-corrected chi connectivity index (χ1v) is 6.75. The third-order valence-electron chi connectivity index (χ3n) is 2.83. The Labute approximate surface area is 108 Å². The number of nitrogens with one attached hydrogen (secondary N) is 1. The van der Waals surface area contributed by atoms with E-state index in [0.717, 1.165) is 31.4 Å². The Morgan fingerprint density at radius 3 is 2.65 bits per heavy atom. The highest BCUT2D eigenvalue weighted by Crippen LogP contribution is 2.24. The van der Waals surface area contributed by atoms with Gasteiger partial charge in [-0.1, -0.05) is 44.4 Å². The summed E-state index contributed by atoms with van der Waals surface area (Å²) >= 11 is 5.82. The lowest BCUT2D eigenvalue weighted by Crippen LogP contribution is -2.22. The van der Waals surface area contributed by atoms with E-state index in [1.54, 1.807) is 6.07 Å². The van der Waals surface area contributed by atoms with Crippen LogP contribution in [0.4, 0.5) is 4.39 Å². The van der Waals surface area contributed by atoms with Crippen LogP contribution in [0, 0.1) is 5.82 Å². The highest BCUT2D eigenvalue weighted by molar-refractivity contribution is 6.30. The van der Waals surface area contributed by atoms with Gasteiger partial charge in [0, 0.05) is 6.04 Å². The zero-order valence-electron chi connectivity index (χ0n) is 10.6. The minimum Gasteiger partial charge on any atom is -0.310 e. The minimum absolute atomic E-state index is 0.210. The van der Waals surface area contributed by atoms with Gasteiger partial charge < -0.3 is 5.32 Å². The van der Waals surface area contributed by atoms with Crippen molar-refractivity contribution < 1.29 is 4.39 Å². The molecule has 0 aliphatic heterocycles. The summed E-state index contributed by atoms with van der Waals surface area (Å²) in [6.07, 6.45) is 4.49. The quantitative estimate of drug-likeness (QED) is 0.746. The molecule has 3 heteroatoms. The summed E-state index contributed by atoms with van der Waals surface area (Å²) in [5.74, 6) is -0.347. The SMILES string of the molecule is CCCCC(NCCC)c1ccc(F)c(Cl)c1. The second-order valence-electron chi connectivity index (χ2n) is 4.32. The molecular weight excluding hydrogens is 237 g/mol. The van der Waals surface area contributed by atoms with Crippen molar-refractivity contribution in [2.24, 2.45) is 0 Å². The van der Waals surface area contributed by atoms with E-state index in [9.17, 15) is 4.39 Å². The summed E-state index contributed by atoms with van der Waals surface area (Å²) in [6.45, 7) is 5.29. The Morgan fingerprint density at radius 1 is 1.29 bits per heavy atom. The van der Waals surface area contributed by atoms with Gasteiger partial charge in [0.05, 0.1) is 5.02 Å². The summed E-state index contributed by atoms with van der Waals surface area (Å²) in [6, 6.07) is 5.29. The Kier molecular flexibility index (Phi) is 6.53. The first-order chi connectivity index (χ1) is 8.19. The molecule has 0 spiro atoms. The summed E-state index contributed by atoms with van der Waals surface area (Å²) in [7, 11) is 0. The molecule has 0 saturated carbocycles. The fourth-order valence-corrected chi connectivity index (χ4v) is 2.03. The van der Waals surface area contributed by atoms with E-state index in [1.807, 2.05) is 6.07 Å². The summed E-state index contributed by atoms with van der Waals surface area (Å²) in [5.41, 5.74) is 1.08. The van der Waals surface area contributed by atoms with Gasteiger partial charge in [-0.2, -0.15) is 0 Å². The van der Waals surface area contributed by atoms with Crippen molar-refractivity contribution >= 4 is 11.6 Å². The normalized spacial score (nSPS) is 12.7. The lowest BCUT2D eigenvalue weighted by Gasteiger charge is -2.19. The van der Waals surface area contributed by atoms with Gasteiger partial charge in [-0.15, -0.1) is 0 Å². The lowest BCUT2D eigenvalue weighted by molar-refractivity contribution is 0.480. The van der Waals surface area contributed by atoms with E-state index >= 15 is 0 Å². The van der Waals surface area contributed by atoms with Crippen molar-refractivity contribution in [3.05, 3.63) is 34.6 Å². The van der Waals surface area contributed by atoms with Crippen LogP contribution in [0.2, 0.25) is 5.02 Å². The average Bonchev–Trinajstić information content (AvgIpc) is 2.33. The molecule has 0 saturated heterocycles. The molecule has 0 radical (unpaired) electrons. The zero-order valence-corrected chi connectivity index (χ0v) is 11.4. The molecule has 1 N–H and O–H groups in total. The largest absolute Gasteiger partial charge is 0.310 e. The fourth-order valence-electron chi connectivity index (χ4n) is 1.84. The van der Waals surface area contributed by atoms with Gasteiger partial charge in [-0.3, -0.25) is 0 Å². The Hall–Kier alpha value is -0.600. The highest BCUT2D eigenvalue weighted by atomic mass is 35.5. The van der Waals surface area contributed by atoms with Gasteiger partial charge in [0.15, 0.2) is 0 Å². The molecule has 1 atom stereocenters. The maximum atomic E-state index is 13.1. The molecule has 1 aromatic rings. The van der Waals surface area contributed by atoms with Crippen LogP contribution >= 0.6 is 11.6 Å². The second-order valence-corrected chi connectivity index (χ2v) is 4.73. The maximum Gasteiger partial charge on any atom is 0.141 e. The van der Waals surface area contributed by atoms with E-state index < -0.39 is 0 Å². The van der Waals surface area contributed by atoms with Crippen LogP contribution < -0.4 is 5.32 Å². The molecule has 1 nitrogen and oxygen atoms in total. The summed E-state index contributed by atoms with van der Waals surface area (Å²) < 4.78 is 13.1. The lowest BCUT2D eigenvalue weighted by atomic mass is 10.0. The van der Waals surface area contributed by atoms with Crippen LogP contribution in [0.3, 0.4) is 0 Å². The van der Waals surface area contributed by atoms with Crippen molar-refractivity contribution in [3.63, 3.8) is 0 Å². The molecule has 0 fully saturated rings. The molecule has 0 aromatic heterocycles. The molecule has 0 heterocycles. The van der Waals surface area contributed by atoms with Crippen molar-refractivity contribution in [1.29, 1.82) is 0 Å². The van der Waals surface area contributed by atoms with E-state index in [0.29, 0.717) is 0 Å². The van der Waals surface area contributed by atoms with E-state index in [1.165, 1.54) is 12.5 Å². The summed E-state index contributed by atoms with van der Waals surface area (Å²) in [5, 5.41) is 3.70. The number of halogens is 2. The number of rotatable bonds is 7. The summed E-state index contributed by atoms with van der Waals surface area (Å²) in [4.78, 5) is 0. The minimum atomic E-state index is -0.347. The van der Waals surface area contributed by atoms with Crippen molar-refractivity contribution in [2.45, 2.75) is 45.6 Å². The van der Waals surface area contributed by atoms with Gasteiger partial charge in [-0.05, 0) is 37.1 Å². The first kappa shape index (κ1) is 14.5. The highest BCUT2D eigenvalue weighted by Gasteiger charge is 2.11. The van der Waals surface area contributed by atoms with Crippen LogP contribution in [0.15, 0.2) is 18.2 Å². The standard InChI is InChI=1S/C14H21ClFN/c1-3-5-6-14(17-9-4-2)11-7-8-13(16)12(15)10-11/h7-8,10,14,17H,3-6,9H2,1-2H3. The Balaban J connectivity index is 2.75. The predicted octanol–water partition coefficient (Wildman–Crippen LogP) is 4.71. The van der Waals surface area contributed by atoms with Crippen LogP contribution in [0.1, 0.15) is 51.1 Å². The topological polar surface area (TPSA) is 12.0 Å². The van der Waals surface area contributed by atoms with Gasteiger partial charge in [0.25, 0.3) is 0 Å². The second kappa shape index (κ2) is 7.67. The van der Waals surface area contributed by atoms with Crippen molar-refractivity contribution in [3.8, 4) is 0 Å². The van der Waals surface area contributed by atoms with Crippen LogP contribution in [0.5, 0.6) is 0 Å². The first-order valence-electron chi connectivity index (χ1n) is 6.37. The van der Waals surface area contributed by atoms with Gasteiger partial charge in [0.1, 0.15) is 5.82 Å². The smallest absolute Gasteiger partial charge is 0.141 e. The van der Waals surface area contributed by atoms with Gasteiger partial charge in [-0.25, -0.2) is 4.39 Å². The molecule has 1 rings (SSSR count). The number of benzene rings is 1. The third-order valence-corrected chi connectivity index (χ3v) is 3.12. The molecule has 0 aliphatic rings. The van der Waals surface area contributed by atoms with Crippen LogP contribution in [-0.4, -0.2) is 6.54 Å². The molecule has 17 heavy (non-hydrogen) atoms. The number of hydrogen-bond donors (Lipinski definition) is 1. The zero-order chi connectivity index (χ0) is 12.7. The fraction of sp³-hybridized carbons (Fsp3) is 0.571. The number of unbranched alkanes of at least 4 members (excludes halogenated alkanes) is 1. The van der Waals surface area contributed by atoms with Crippen molar-refractivity contribution in [2.75, 3.05) is 6.54 Å². The van der Waals surface area contributed by atoms with Gasteiger partial charge in [0.2, 0.25) is 0 Å². The predicted molar refractivity (Wildman–Crippen MR) is 72.0 cm³/mol. The number of hydrogen-bond acceptors (Lipinski definition) is 1. The monoisotopic (exact) mass is 257 g/mol. The van der Waals surface area contributed by atoms with Crippen LogP contribution in [0.25, 0.3) is 0 Å². The third kappa shape index (κ3) is 4.64. The molecule has 1 unspecified atom stereocenters. The van der Waals surface area contributed by atoms with Crippen LogP contribution in [-0.2, 0) is 0 Å².